The third-order valence-electron chi connectivity index (χ3n) is 11.1. The molecule has 9 heteroatoms. The Labute approximate surface area is 342 Å². The molecule has 0 aliphatic heterocycles. The van der Waals surface area contributed by atoms with Crippen molar-refractivity contribution in [2.75, 3.05) is 0 Å². The summed E-state index contributed by atoms with van der Waals surface area (Å²) < 4.78 is 0. The van der Waals surface area contributed by atoms with Crippen LogP contribution in [-0.2, 0) is 0 Å². The Morgan fingerprint density at radius 2 is 0.650 bits per heavy atom. The Kier molecular flexibility index (Phi) is 7.64. The van der Waals surface area contributed by atoms with E-state index in [0.717, 1.165) is 104 Å². The van der Waals surface area contributed by atoms with Crippen molar-refractivity contribution in [3.63, 3.8) is 0 Å². The van der Waals surface area contributed by atoms with E-state index >= 15 is 0 Å². The number of nitrogens with zero attached hydrogens (tertiary/aromatic N) is 9. The highest BCUT2D eigenvalue weighted by Gasteiger charge is 2.19. The number of aromatic nitrogens is 9. The topological polar surface area (TPSA) is 116 Å². The molecule has 0 amide bonds. The van der Waals surface area contributed by atoms with Gasteiger partial charge in [0.1, 0.15) is 0 Å². The number of pyridine rings is 6. The Morgan fingerprint density at radius 1 is 0.267 bits per heavy atom. The van der Waals surface area contributed by atoms with Gasteiger partial charge >= 0.3 is 0 Å². The minimum atomic E-state index is 0.533. The van der Waals surface area contributed by atoms with E-state index < -0.39 is 0 Å². The average molecular weight is 768 g/mol. The number of rotatable bonds is 5. The van der Waals surface area contributed by atoms with Crippen molar-refractivity contribution in [2.45, 2.75) is 0 Å². The van der Waals surface area contributed by atoms with Crippen LogP contribution in [0.2, 0.25) is 0 Å². The highest BCUT2D eigenvalue weighted by molar-refractivity contribution is 6.12. The molecule has 7 aromatic heterocycles. The summed E-state index contributed by atoms with van der Waals surface area (Å²) >= 11 is 0. The van der Waals surface area contributed by atoms with Crippen LogP contribution in [0, 0.1) is 0 Å². The highest BCUT2D eigenvalue weighted by atomic mass is 15.0. The first kappa shape index (κ1) is 33.7. The highest BCUT2D eigenvalue weighted by Crippen LogP contribution is 2.41. The molecule has 0 N–H and O–H groups in total. The van der Waals surface area contributed by atoms with Crippen molar-refractivity contribution >= 4 is 65.4 Å². The van der Waals surface area contributed by atoms with Crippen molar-refractivity contribution in [1.29, 1.82) is 0 Å². The zero-order valence-electron chi connectivity index (χ0n) is 31.8. The zero-order valence-corrected chi connectivity index (χ0v) is 31.8. The molecule has 60 heavy (non-hydrogen) atoms. The van der Waals surface area contributed by atoms with Gasteiger partial charge in [-0.3, -0.25) is 29.9 Å². The first-order valence-corrected chi connectivity index (χ1v) is 19.6. The Balaban J connectivity index is 1.16. The van der Waals surface area contributed by atoms with Gasteiger partial charge in [-0.2, -0.15) is 0 Å². The lowest BCUT2D eigenvalue weighted by Gasteiger charge is -2.16. The van der Waals surface area contributed by atoms with Gasteiger partial charge in [0.15, 0.2) is 17.5 Å². The van der Waals surface area contributed by atoms with E-state index in [1.54, 1.807) is 12.4 Å². The molecule has 0 unspecified atom stereocenters. The van der Waals surface area contributed by atoms with E-state index in [1.807, 2.05) is 85.5 Å². The van der Waals surface area contributed by atoms with Crippen molar-refractivity contribution in [2.24, 2.45) is 0 Å². The molecule has 12 rings (SSSR count). The molecule has 0 spiro atoms. The van der Waals surface area contributed by atoms with Gasteiger partial charge in [-0.25, -0.2) is 15.0 Å². The van der Waals surface area contributed by atoms with Crippen LogP contribution >= 0.6 is 0 Å². The molecular formula is C51H29N9. The predicted octanol–water partition coefficient (Wildman–Crippen LogP) is 11.5. The molecule has 0 radical (unpaired) electrons. The maximum absolute atomic E-state index is 5.26. The van der Waals surface area contributed by atoms with Gasteiger partial charge < -0.3 is 0 Å². The van der Waals surface area contributed by atoms with Gasteiger partial charge in [0.25, 0.3) is 0 Å². The molecule has 0 aliphatic carbocycles. The molecule has 0 atom stereocenters. The third-order valence-corrected chi connectivity index (χ3v) is 11.1. The van der Waals surface area contributed by atoms with Gasteiger partial charge in [-0.05, 0) is 125 Å². The van der Waals surface area contributed by atoms with Crippen LogP contribution < -0.4 is 0 Å². The van der Waals surface area contributed by atoms with E-state index in [4.69, 9.17) is 34.9 Å². The fraction of sp³-hybridized carbons (Fsp3) is 0. The lowest BCUT2D eigenvalue weighted by molar-refractivity contribution is 1.07. The van der Waals surface area contributed by atoms with Crippen LogP contribution in [0.3, 0.4) is 0 Å². The van der Waals surface area contributed by atoms with Gasteiger partial charge in [-0.15, -0.1) is 0 Å². The zero-order chi connectivity index (χ0) is 39.6. The second kappa shape index (κ2) is 13.6. The summed E-state index contributed by atoms with van der Waals surface area (Å²) in [5.74, 6) is 1.64. The molecule has 5 aromatic carbocycles. The molecule has 12 aromatic rings. The number of hydrogen-bond donors (Lipinski definition) is 0. The number of benzene rings is 5. The SMILES string of the molecule is c1cnc2ccc(-c3nc(-c4cc(-c5cc6cccnc6c6ncccc56)cc(-c5cc6cccnc6c6ncccc56)c4)nc(-c4ccc5ncccc5c4)n3)cc2c1. The van der Waals surface area contributed by atoms with Crippen LogP contribution in [0.1, 0.15) is 0 Å². The van der Waals surface area contributed by atoms with Crippen molar-refractivity contribution in [3.05, 3.63) is 177 Å². The van der Waals surface area contributed by atoms with Crippen LogP contribution in [-0.4, -0.2) is 44.9 Å². The molecular weight excluding hydrogens is 739 g/mol. The summed E-state index contributed by atoms with van der Waals surface area (Å²) in [7, 11) is 0. The summed E-state index contributed by atoms with van der Waals surface area (Å²) in [5.41, 5.74) is 11.7. The van der Waals surface area contributed by atoms with E-state index in [9.17, 15) is 0 Å². The summed E-state index contributed by atoms with van der Waals surface area (Å²) in [4.78, 5) is 43.9. The second-order valence-electron chi connectivity index (χ2n) is 14.7. The third kappa shape index (κ3) is 5.67. The normalized spacial score (nSPS) is 11.7. The predicted molar refractivity (Wildman–Crippen MR) is 239 cm³/mol. The summed E-state index contributed by atoms with van der Waals surface area (Å²) in [6, 6.07) is 47.5. The number of fused-ring (bicyclic) bond motifs is 8. The van der Waals surface area contributed by atoms with Gasteiger partial charge in [0.05, 0.1) is 33.1 Å². The van der Waals surface area contributed by atoms with Gasteiger partial charge in [-0.1, -0.05) is 36.4 Å². The number of hydrogen-bond acceptors (Lipinski definition) is 9. The summed E-state index contributed by atoms with van der Waals surface area (Å²) in [6.45, 7) is 0. The van der Waals surface area contributed by atoms with Crippen LogP contribution in [0.5, 0.6) is 0 Å². The molecule has 9 nitrogen and oxygen atoms in total. The summed E-state index contributed by atoms with van der Waals surface area (Å²) in [5, 5.41) is 5.98. The molecule has 0 saturated heterocycles. The van der Waals surface area contributed by atoms with E-state index in [2.05, 4.69) is 88.8 Å². The second-order valence-corrected chi connectivity index (χ2v) is 14.7. The first-order chi connectivity index (χ1) is 29.7. The smallest absolute Gasteiger partial charge is 0.164 e. The molecule has 7 heterocycles. The largest absolute Gasteiger partial charge is 0.256 e. The minimum Gasteiger partial charge on any atom is -0.256 e. The van der Waals surface area contributed by atoms with Crippen LogP contribution in [0.4, 0.5) is 0 Å². The monoisotopic (exact) mass is 767 g/mol. The lowest BCUT2D eigenvalue weighted by atomic mass is 9.91. The molecule has 0 fully saturated rings. The first-order valence-electron chi connectivity index (χ1n) is 19.6. The summed E-state index contributed by atoms with van der Waals surface area (Å²) in [6.07, 6.45) is 10.9. The van der Waals surface area contributed by atoms with Crippen LogP contribution in [0.15, 0.2) is 177 Å². The Morgan fingerprint density at radius 3 is 1.13 bits per heavy atom. The van der Waals surface area contributed by atoms with Crippen molar-refractivity contribution in [3.8, 4) is 56.4 Å². The quantitative estimate of drug-likeness (QED) is 0.158. The Hall–Kier alpha value is -8.43. The maximum Gasteiger partial charge on any atom is 0.164 e. The van der Waals surface area contributed by atoms with Crippen molar-refractivity contribution in [1.82, 2.24) is 44.9 Å². The van der Waals surface area contributed by atoms with E-state index in [1.165, 1.54) is 0 Å². The van der Waals surface area contributed by atoms with E-state index in [-0.39, 0.29) is 0 Å². The standard InChI is InChI=1S/C51H29N9/c1-7-30-23-34(13-15-43(30)52-17-1)49-58-50(35-14-16-44-31(24-35)8-2-18-53-44)60-51(59-49)38-26-36(41-28-32-9-3-19-54-45(32)47-39(41)11-5-21-56-47)25-37(27-38)42-29-33-10-4-20-55-46(33)48-40(42)12-6-22-57-48/h1-29H. The fourth-order valence-electron chi connectivity index (χ4n) is 8.29. The molecule has 0 saturated carbocycles. The van der Waals surface area contributed by atoms with Crippen molar-refractivity contribution < 1.29 is 0 Å². The molecule has 0 bridgehead atoms. The maximum atomic E-state index is 5.26. The minimum absolute atomic E-state index is 0.533. The van der Waals surface area contributed by atoms with Gasteiger partial charge in [0, 0.05) is 86.2 Å². The van der Waals surface area contributed by atoms with Crippen LogP contribution in [0.25, 0.3) is 122 Å². The molecule has 0 aliphatic rings. The molecule has 278 valence electrons. The lowest BCUT2D eigenvalue weighted by Crippen LogP contribution is -2.01. The van der Waals surface area contributed by atoms with Gasteiger partial charge in [0.2, 0.25) is 0 Å². The fourth-order valence-corrected chi connectivity index (χ4v) is 8.29. The average Bonchev–Trinajstić information content (AvgIpc) is 3.33. The van der Waals surface area contributed by atoms with E-state index in [0.29, 0.717) is 17.5 Å². The Bertz CT molecular complexity index is 3460.